The lowest BCUT2D eigenvalue weighted by molar-refractivity contribution is 0.0699. The number of carboxylic acid groups (broad SMARTS) is 1. The zero-order chi connectivity index (χ0) is 8.55. The molecule has 0 aliphatic rings. The maximum Gasteiger partial charge on any atom is 0.338 e. The minimum atomic E-state index is -0.965. The summed E-state index contributed by atoms with van der Waals surface area (Å²) >= 11 is 1.33. The molecule has 60 valence electrons. The van der Waals surface area contributed by atoms with Crippen LogP contribution in [0.5, 0.6) is 0 Å². The van der Waals surface area contributed by atoms with Crippen LogP contribution in [-0.2, 0) is 0 Å². The van der Waals surface area contributed by atoms with Gasteiger partial charge in [0, 0.05) is 6.20 Å². The van der Waals surface area contributed by atoms with E-state index in [0.717, 1.165) is 0 Å². The number of aromatic nitrogens is 2. The summed E-state index contributed by atoms with van der Waals surface area (Å²) in [5.74, 6) is -0.965. The average Bonchev–Trinajstić information content (AvgIpc) is 2.49. The van der Waals surface area contributed by atoms with Crippen molar-refractivity contribution in [2.45, 2.75) is 0 Å². The van der Waals surface area contributed by atoms with E-state index in [1.165, 1.54) is 23.6 Å². The van der Waals surface area contributed by atoms with Crippen LogP contribution in [0.1, 0.15) is 10.4 Å². The molecule has 0 radical (unpaired) electrons. The number of carbonyl (C=O) groups is 1. The number of nitrogens with zero attached hydrogens (tertiary/aromatic N) is 2. The molecule has 0 atom stereocenters. The summed E-state index contributed by atoms with van der Waals surface area (Å²) in [7, 11) is 0. The molecule has 2 heterocycles. The molecule has 5 heteroatoms. The monoisotopic (exact) mass is 180 g/mol. The van der Waals surface area contributed by atoms with E-state index < -0.39 is 5.97 Å². The van der Waals surface area contributed by atoms with Crippen LogP contribution in [-0.4, -0.2) is 21.0 Å². The Balaban J connectivity index is 2.82. The Morgan fingerprint density at radius 1 is 1.50 bits per heavy atom. The molecule has 2 aromatic rings. The molecule has 0 aliphatic heterocycles. The molecule has 12 heavy (non-hydrogen) atoms. The van der Waals surface area contributed by atoms with Crippen molar-refractivity contribution in [2.75, 3.05) is 0 Å². The third-order valence-corrected chi connectivity index (χ3v) is 2.20. The van der Waals surface area contributed by atoms with Gasteiger partial charge in [0.2, 0.25) is 0 Å². The van der Waals surface area contributed by atoms with Crippen molar-refractivity contribution < 1.29 is 9.90 Å². The summed E-state index contributed by atoms with van der Waals surface area (Å²) in [6.07, 6.45) is 1.48. The van der Waals surface area contributed by atoms with Gasteiger partial charge < -0.3 is 5.11 Å². The molecule has 2 rings (SSSR count). The highest BCUT2D eigenvalue weighted by Gasteiger charge is 2.09. The summed E-state index contributed by atoms with van der Waals surface area (Å²) < 4.78 is 0. The third-order valence-electron chi connectivity index (χ3n) is 1.47. The van der Waals surface area contributed by atoms with Crippen LogP contribution >= 0.6 is 11.3 Å². The Kier molecular flexibility index (Phi) is 1.51. The molecular formula is C7H4N2O2S. The predicted molar refractivity (Wildman–Crippen MR) is 44.4 cm³/mol. The molecule has 0 unspecified atom stereocenters. The first-order valence-corrected chi connectivity index (χ1v) is 4.08. The largest absolute Gasteiger partial charge is 0.478 e. The molecule has 0 aromatic carbocycles. The van der Waals surface area contributed by atoms with Gasteiger partial charge >= 0.3 is 5.97 Å². The highest BCUT2D eigenvalue weighted by Crippen LogP contribution is 2.18. The number of aromatic carboxylic acids is 1. The fourth-order valence-electron chi connectivity index (χ4n) is 0.947. The van der Waals surface area contributed by atoms with Crippen molar-refractivity contribution >= 4 is 27.7 Å². The van der Waals surface area contributed by atoms with Crippen molar-refractivity contribution in [1.82, 2.24) is 9.97 Å². The molecule has 0 saturated heterocycles. The van der Waals surface area contributed by atoms with E-state index in [1.54, 1.807) is 5.51 Å². The number of hydrogen-bond donors (Lipinski definition) is 1. The minimum absolute atomic E-state index is 0.209. The highest BCUT2D eigenvalue weighted by atomic mass is 32.1. The van der Waals surface area contributed by atoms with Crippen molar-refractivity contribution in [3.63, 3.8) is 0 Å². The Morgan fingerprint density at radius 3 is 3.08 bits per heavy atom. The van der Waals surface area contributed by atoms with Gasteiger partial charge in [-0.25, -0.2) is 14.8 Å². The normalized spacial score (nSPS) is 10.3. The maximum absolute atomic E-state index is 10.6. The Bertz CT molecular complexity index is 438. The molecule has 0 bridgehead atoms. The van der Waals surface area contributed by atoms with Gasteiger partial charge in [-0.15, -0.1) is 11.3 Å². The number of carboxylic acids is 1. The first-order chi connectivity index (χ1) is 5.79. The SMILES string of the molecule is O=C(O)c1ccnc2scnc12. The van der Waals surface area contributed by atoms with Crippen molar-refractivity contribution in [1.29, 1.82) is 0 Å². The summed E-state index contributed by atoms with van der Waals surface area (Å²) in [5.41, 5.74) is 2.26. The van der Waals surface area contributed by atoms with Crippen LogP contribution in [0.4, 0.5) is 0 Å². The third kappa shape index (κ3) is 0.947. The molecule has 4 nitrogen and oxygen atoms in total. The quantitative estimate of drug-likeness (QED) is 0.720. The van der Waals surface area contributed by atoms with E-state index in [-0.39, 0.29) is 5.56 Å². The van der Waals surface area contributed by atoms with Crippen LogP contribution in [0.15, 0.2) is 17.8 Å². The molecule has 0 amide bonds. The van der Waals surface area contributed by atoms with Crippen molar-refractivity contribution in [3.05, 3.63) is 23.3 Å². The molecule has 0 aliphatic carbocycles. The Hall–Kier alpha value is -1.49. The van der Waals surface area contributed by atoms with Gasteiger partial charge in [-0.3, -0.25) is 0 Å². The average molecular weight is 180 g/mol. The second-order valence-electron chi connectivity index (χ2n) is 2.17. The molecule has 0 saturated carbocycles. The van der Waals surface area contributed by atoms with Crippen LogP contribution in [0.3, 0.4) is 0 Å². The van der Waals surface area contributed by atoms with Crippen molar-refractivity contribution in [3.8, 4) is 0 Å². The van der Waals surface area contributed by atoms with Crippen LogP contribution in [0.25, 0.3) is 10.3 Å². The first-order valence-electron chi connectivity index (χ1n) is 3.20. The maximum atomic E-state index is 10.6. The zero-order valence-electron chi connectivity index (χ0n) is 5.89. The highest BCUT2D eigenvalue weighted by molar-refractivity contribution is 7.16. The van der Waals surface area contributed by atoms with E-state index in [4.69, 9.17) is 5.11 Å². The standard InChI is InChI=1S/C7H4N2O2S/c10-7(11)4-1-2-8-6-5(4)9-3-12-6/h1-3H,(H,10,11). The molecular weight excluding hydrogens is 176 g/mol. The van der Waals surface area contributed by atoms with Gasteiger partial charge in [0.25, 0.3) is 0 Å². The topological polar surface area (TPSA) is 63.1 Å². The van der Waals surface area contributed by atoms with Gasteiger partial charge in [-0.05, 0) is 6.07 Å². The predicted octanol–water partition coefficient (Wildman–Crippen LogP) is 1.39. The van der Waals surface area contributed by atoms with E-state index in [2.05, 4.69) is 9.97 Å². The second kappa shape index (κ2) is 2.53. The Labute approximate surface area is 71.5 Å². The summed E-state index contributed by atoms with van der Waals surface area (Å²) in [4.78, 5) is 19.2. The van der Waals surface area contributed by atoms with E-state index in [1.807, 2.05) is 0 Å². The summed E-state index contributed by atoms with van der Waals surface area (Å²) in [6.45, 7) is 0. The van der Waals surface area contributed by atoms with Gasteiger partial charge in [-0.2, -0.15) is 0 Å². The molecule has 0 fully saturated rings. The van der Waals surface area contributed by atoms with E-state index in [9.17, 15) is 4.79 Å². The number of fused-ring (bicyclic) bond motifs is 1. The summed E-state index contributed by atoms with van der Waals surface area (Å²) in [5, 5.41) is 8.74. The first kappa shape index (κ1) is 7.17. The van der Waals surface area contributed by atoms with E-state index >= 15 is 0 Å². The van der Waals surface area contributed by atoms with Gasteiger partial charge in [0.1, 0.15) is 10.3 Å². The van der Waals surface area contributed by atoms with Crippen molar-refractivity contribution in [2.24, 2.45) is 0 Å². The Morgan fingerprint density at radius 2 is 2.33 bits per heavy atom. The lowest BCUT2D eigenvalue weighted by Crippen LogP contribution is -1.97. The van der Waals surface area contributed by atoms with Crippen LogP contribution in [0, 0.1) is 0 Å². The fourth-order valence-corrected chi connectivity index (χ4v) is 1.60. The van der Waals surface area contributed by atoms with E-state index in [0.29, 0.717) is 10.3 Å². The number of thiazole rings is 1. The lowest BCUT2D eigenvalue weighted by Gasteiger charge is -1.92. The molecule has 1 N–H and O–H groups in total. The minimum Gasteiger partial charge on any atom is -0.478 e. The number of pyridine rings is 1. The second-order valence-corrected chi connectivity index (χ2v) is 3.00. The van der Waals surface area contributed by atoms with Crippen LogP contribution < -0.4 is 0 Å². The molecule has 0 spiro atoms. The lowest BCUT2D eigenvalue weighted by atomic mass is 10.2. The molecule has 2 aromatic heterocycles. The van der Waals surface area contributed by atoms with Crippen LogP contribution in [0.2, 0.25) is 0 Å². The van der Waals surface area contributed by atoms with Gasteiger partial charge in [0.05, 0.1) is 11.1 Å². The van der Waals surface area contributed by atoms with Gasteiger partial charge in [0.15, 0.2) is 0 Å². The van der Waals surface area contributed by atoms with Gasteiger partial charge in [-0.1, -0.05) is 0 Å². The zero-order valence-corrected chi connectivity index (χ0v) is 6.71. The summed E-state index contributed by atoms with van der Waals surface area (Å²) in [6, 6.07) is 1.45. The number of hydrogen-bond acceptors (Lipinski definition) is 4. The fraction of sp³-hybridized carbons (Fsp3) is 0. The number of rotatable bonds is 1. The smallest absolute Gasteiger partial charge is 0.338 e.